The highest BCUT2D eigenvalue weighted by Crippen LogP contribution is 2.24. The minimum Gasteiger partial charge on any atom is -0.496 e. The number of nitrogens with one attached hydrogen (secondary N) is 1. The van der Waals surface area contributed by atoms with Gasteiger partial charge in [-0.2, -0.15) is 0 Å². The predicted octanol–water partition coefficient (Wildman–Crippen LogP) is 4.03. The molecule has 1 atom stereocenters. The van der Waals surface area contributed by atoms with Crippen molar-refractivity contribution in [3.63, 3.8) is 0 Å². The average molecular weight is 356 g/mol. The zero-order valence-electron chi connectivity index (χ0n) is 13.9. The Bertz CT molecular complexity index is 861. The number of aromatic nitrogens is 2. The first-order valence-corrected chi connectivity index (χ1v) is 8.19. The maximum atomic E-state index is 12.6. The Morgan fingerprint density at radius 3 is 2.64 bits per heavy atom. The highest BCUT2D eigenvalue weighted by Gasteiger charge is 2.16. The lowest BCUT2D eigenvalue weighted by atomic mass is 10.1. The highest BCUT2D eigenvalue weighted by atomic mass is 35.5. The van der Waals surface area contributed by atoms with Crippen molar-refractivity contribution in [3.8, 4) is 11.4 Å². The summed E-state index contributed by atoms with van der Waals surface area (Å²) >= 11 is 5.99. The summed E-state index contributed by atoms with van der Waals surface area (Å²) in [6.45, 7) is 1.93. The van der Waals surface area contributed by atoms with Crippen LogP contribution in [0.15, 0.2) is 61.2 Å². The van der Waals surface area contributed by atoms with E-state index in [0.29, 0.717) is 16.3 Å². The molecule has 1 aromatic heterocycles. The van der Waals surface area contributed by atoms with Gasteiger partial charge >= 0.3 is 0 Å². The van der Waals surface area contributed by atoms with Crippen LogP contribution in [0.2, 0.25) is 5.02 Å². The molecule has 0 aliphatic rings. The number of hydrogen-bond acceptors (Lipinski definition) is 3. The van der Waals surface area contributed by atoms with E-state index in [1.807, 2.05) is 42.0 Å². The molecule has 3 aromatic rings. The van der Waals surface area contributed by atoms with E-state index >= 15 is 0 Å². The number of halogens is 1. The van der Waals surface area contributed by atoms with Crippen molar-refractivity contribution in [3.05, 3.63) is 77.3 Å². The fourth-order valence-electron chi connectivity index (χ4n) is 2.56. The summed E-state index contributed by atoms with van der Waals surface area (Å²) < 4.78 is 7.16. The lowest BCUT2D eigenvalue weighted by molar-refractivity contribution is 0.0937. The maximum Gasteiger partial charge on any atom is 0.255 e. The van der Waals surface area contributed by atoms with Crippen molar-refractivity contribution >= 4 is 17.5 Å². The van der Waals surface area contributed by atoms with Crippen LogP contribution in [-0.2, 0) is 0 Å². The van der Waals surface area contributed by atoms with Crippen LogP contribution >= 0.6 is 11.6 Å². The van der Waals surface area contributed by atoms with Crippen LogP contribution < -0.4 is 10.1 Å². The van der Waals surface area contributed by atoms with Gasteiger partial charge in [0, 0.05) is 23.1 Å². The third-order valence-corrected chi connectivity index (χ3v) is 4.18. The van der Waals surface area contributed by atoms with Gasteiger partial charge in [0.05, 0.1) is 25.0 Å². The Morgan fingerprint density at radius 1 is 1.24 bits per heavy atom. The molecular formula is C19H18ClN3O2. The van der Waals surface area contributed by atoms with Crippen molar-refractivity contribution in [1.29, 1.82) is 0 Å². The SMILES string of the molecule is COc1ccc(Cl)cc1C(=O)N[C@@H](C)c1ccc(-n2ccnc2)cc1. The summed E-state index contributed by atoms with van der Waals surface area (Å²) in [5.74, 6) is 0.259. The van der Waals surface area contributed by atoms with E-state index in [0.717, 1.165) is 11.3 Å². The second-order valence-electron chi connectivity index (χ2n) is 5.60. The molecular weight excluding hydrogens is 338 g/mol. The van der Waals surface area contributed by atoms with Crippen molar-refractivity contribution in [2.45, 2.75) is 13.0 Å². The first-order chi connectivity index (χ1) is 12.1. The number of hydrogen-bond donors (Lipinski definition) is 1. The van der Waals surface area contributed by atoms with Gasteiger partial charge in [0.15, 0.2) is 0 Å². The predicted molar refractivity (Wildman–Crippen MR) is 97.4 cm³/mol. The van der Waals surface area contributed by atoms with Gasteiger partial charge < -0.3 is 14.6 Å². The standard InChI is InChI=1S/C19H18ClN3O2/c1-13(14-3-6-16(7-4-14)23-10-9-21-12-23)22-19(24)17-11-15(20)5-8-18(17)25-2/h3-13H,1-2H3,(H,22,24)/t13-/m0/s1. The molecule has 1 heterocycles. The Kier molecular flexibility index (Phi) is 5.05. The van der Waals surface area contributed by atoms with Crippen molar-refractivity contribution in [2.24, 2.45) is 0 Å². The molecule has 0 fully saturated rings. The van der Waals surface area contributed by atoms with Gasteiger partial charge in [0.1, 0.15) is 5.75 Å². The summed E-state index contributed by atoms with van der Waals surface area (Å²) in [6.07, 6.45) is 5.35. The number of nitrogens with zero attached hydrogens (tertiary/aromatic N) is 2. The zero-order valence-corrected chi connectivity index (χ0v) is 14.7. The Hall–Kier alpha value is -2.79. The van der Waals surface area contributed by atoms with E-state index in [2.05, 4.69) is 10.3 Å². The number of rotatable bonds is 5. The largest absolute Gasteiger partial charge is 0.496 e. The van der Waals surface area contributed by atoms with E-state index < -0.39 is 0 Å². The molecule has 1 amide bonds. The minimum atomic E-state index is -0.231. The smallest absolute Gasteiger partial charge is 0.255 e. The van der Waals surface area contributed by atoms with E-state index in [4.69, 9.17) is 16.3 Å². The molecule has 0 radical (unpaired) electrons. The van der Waals surface area contributed by atoms with Gasteiger partial charge in [-0.15, -0.1) is 0 Å². The van der Waals surface area contributed by atoms with E-state index in [9.17, 15) is 4.79 Å². The topological polar surface area (TPSA) is 56.1 Å². The van der Waals surface area contributed by atoms with Gasteiger partial charge in [0.25, 0.3) is 5.91 Å². The van der Waals surface area contributed by atoms with Crippen LogP contribution in [0.4, 0.5) is 0 Å². The molecule has 128 valence electrons. The maximum absolute atomic E-state index is 12.6. The first-order valence-electron chi connectivity index (χ1n) is 7.81. The molecule has 0 saturated carbocycles. The third kappa shape index (κ3) is 3.83. The van der Waals surface area contributed by atoms with Gasteiger partial charge in [-0.05, 0) is 42.8 Å². The number of amides is 1. The average Bonchev–Trinajstić information content (AvgIpc) is 3.16. The Morgan fingerprint density at radius 2 is 2.00 bits per heavy atom. The monoisotopic (exact) mass is 355 g/mol. The van der Waals surface area contributed by atoms with Gasteiger partial charge in [-0.25, -0.2) is 4.98 Å². The summed E-state index contributed by atoms with van der Waals surface area (Å²) in [6, 6.07) is 12.7. The molecule has 3 rings (SSSR count). The van der Waals surface area contributed by atoms with Gasteiger partial charge in [-0.3, -0.25) is 4.79 Å². The lowest BCUT2D eigenvalue weighted by Gasteiger charge is -2.16. The molecule has 5 nitrogen and oxygen atoms in total. The van der Waals surface area contributed by atoms with E-state index in [1.165, 1.54) is 7.11 Å². The fraction of sp³-hybridized carbons (Fsp3) is 0.158. The number of carbonyl (C=O) groups excluding carboxylic acids is 1. The minimum absolute atomic E-state index is 0.159. The zero-order chi connectivity index (χ0) is 17.8. The molecule has 6 heteroatoms. The van der Waals surface area contributed by atoms with Crippen LogP contribution in [0.25, 0.3) is 5.69 Å². The molecule has 0 spiro atoms. The lowest BCUT2D eigenvalue weighted by Crippen LogP contribution is -2.27. The molecule has 0 bridgehead atoms. The second kappa shape index (κ2) is 7.40. The van der Waals surface area contributed by atoms with Crippen LogP contribution in [0, 0.1) is 0 Å². The van der Waals surface area contributed by atoms with Crippen LogP contribution in [0.3, 0.4) is 0 Å². The van der Waals surface area contributed by atoms with Gasteiger partial charge in [0.2, 0.25) is 0 Å². The fourth-order valence-corrected chi connectivity index (χ4v) is 2.73. The third-order valence-electron chi connectivity index (χ3n) is 3.95. The summed E-state index contributed by atoms with van der Waals surface area (Å²) in [7, 11) is 1.53. The number of ether oxygens (including phenoxy) is 1. The van der Waals surface area contributed by atoms with Crippen LogP contribution in [-0.4, -0.2) is 22.6 Å². The van der Waals surface area contributed by atoms with E-state index in [-0.39, 0.29) is 11.9 Å². The summed E-state index contributed by atoms with van der Waals surface area (Å²) in [4.78, 5) is 16.6. The van der Waals surface area contributed by atoms with Crippen LogP contribution in [0.1, 0.15) is 28.9 Å². The molecule has 0 saturated heterocycles. The first kappa shape index (κ1) is 17.0. The second-order valence-corrected chi connectivity index (χ2v) is 6.04. The number of methoxy groups -OCH3 is 1. The number of benzene rings is 2. The Labute approximate surface area is 151 Å². The quantitative estimate of drug-likeness (QED) is 0.751. The Balaban J connectivity index is 1.74. The summed E-state index contributed by atoms with van der Waals surface area (Å²) in [5.41, 5.74) is 2.42. The molecule has 25 heavy (non-hydrogen) atoms. The number of imidazole rings is 1. The van der Waals surface area contributed by atoms with Crippen molar-refractivity contribution < 1.29 is 9.53 Å². The highest BCUT2D eigenvalue weighted by molar-refractivity contribution is 6.31. The summed E-state index contributed by atoms with van der Waals surface area (Å²) in [5, 5.41) is 3.46. The van der Waals surface area contributed by atoms with Crippen molar-refractivity contribution in [1.82, 2.24) is 14.9 Å². The normalized spacial score (nSPS) is 11.8. The number of carbonyl (C=O) groups is 1. The van der Waals surface area contributed by atoms with Gasteiger partial charge in [-0.1, -0.05) is 23.7 Å². The van der Waals surface area contributed by atoms with E-state index in [1.54, 1.807) is 30.7 Å². The van der Waals surface area contributed by atoms with Crippen molar-refractivity contribution in [2.75, 3.05) is 7.11 Å². The molecule has 0 aliphatic heterocycles. The molecule has 0 aliphatic carbocycles. The molecule has 1 N–H and O–H groups in total. The molecule has 2 aromatic carbocycles. The molecule has 0 unspecified atom stereocenters. The van der Waals surface area contributed by atoms with Crippen LogP contribution in [0.5, 0.6) is 5.75 Å².